The van der Waals surface area contributed by atoms with Crippen molar-refractivity contribution >= 4 is 11.8 Å². The highest BCUT2D eigenvalue weighted by Crippen LogP contribution is 2.46. The van der Waals surface area contributed by atoms with Crippen molar-refractivity contribution in [3.63, 3.8) is 0 Å². The van der Waals surface area contributed by atoms with E-state index in [0.717, 1.165) is 6.07 Å². The fourth-order valence-electron chi connectivity index (χ4n) is 4.11. The van der Waals surface area contributed by atoms with Gasteiger partial charge in [0.05, 0.1) is 24.6 Å². The maximum atomic E-state index is 13.3. The number of carbonyl (C=O) groups is 2. The van der Waals surface area contributed by atoms with E-state index in [2.05, 4.69) is 4.74 Å². The molecule has 0 aliphatic carbocycles. The number of nitrogens with zero attached hydrogens (tertiary/aromatic N) is 2. The van der Waals surface area contributed by atoms with Gasteiger partial charge < -0.3 is 19.3 Å². The fraction of sp³-hybridized carbons (Fsp3) is 0.529. The van der Waals surface area contributed by atoms with Gasteiger partial charge in [0.15, 0.2) is 5.72 Å². The Morgan fingerprint density at radius 3 is 2.78 bits per heavy atom. The maximum Gasteiger partial charge on any atom is 0.461 e. The molecule has 1 spiro atoms. The molecule has 3 saturated heterocycles. The molecule has 3 fully saturated rings. The predicted molar refractivity (Wildman–Crippen MR) is 82.5 cm³/mol. The Bertz CT molecular complexity index is 790. The van der Waals surface area contributed by atoms with Crippen LogP contribution in [0.3, 0.4) is 0 Å². The molecule has 146 valence electrons. The Morgan fingerprint density at radius 2 is 2.04 bits per heavy atom. The molecule has 10 heteroatoms. The van der Waals surface area contributed by atoms with Gasteiger partial charge in [-0.05, 0) is 12.1 Å². The Labute approximate surface area is 151 Å². The van der Waals surface area contributed by atoms with Gasteiger partial charge in [-0.1, -0.05) is 12.1 Å². The fourth-order valence-corrected chi connectivity index (χ4v) is 4.11. The van der Waals surface area contributed by atoms with Gasteiger partial charge in [-0.15, -0.1) is 0 Å². The number of likely N-dealkylation sites (tertiary alicyclic amines) is 1. The minimum Gasteiger partial charge on any atom is -0.427 e. The molecule has 0 bridgehead atoms. The first-order chi connectivity index (χ1) is 12.8. The van der Waals surface area contributed by atoms with Crippen molar-refractivity contribution in [2.24, 2.45) is 0 Å². The minimum atomic E-state index is -4.72. The molecule has 0 radical (unpaired) electrons. The summed E-state index contributed by atoms with van der Waals surface area (Å²) in [5.74, 6) is -1.44. The van der Waals surface area contributed by atoms with Crippen LogP contribution in [0, 0.1) is 0 Å². The van der Waals surface area contributed by atoms with Crippen LogP contribution >= 0.6 is 0 Å². The zero-order chi connectivity index (χ0) is 19.4. The zero-order valence-corrected chi connectivity index (χ0v) is 14.0. The van der Waals surface area contributed by atoms with Crippen molar-refractivity contribution in [3.05, 3.63) is 29.8 Å². The highest BCUT2D eigenvalue weighted by atomic mass is 19.3. The summed E-state index contributed by atoms with van der Waals surface area (Å²) in [6, 6.07) is 4.44. The van der Waals surface area contributed by atoms with E-state index in [0.29, 0.717) is 19.6 Å². The smallest absolute Gasteiger partial charge is 0.427 e. The lowest BCUT2D eigenvalue weighted by Gasteiger charge is -2.31. The molecule has 3 aliphatic heterocycles. The van der Waals surface area contributed by atoms with Crippen LogP contribution in [0.2, 0.25) is 0 Å². The summed E-state index contributed by atoms with van der Waals surface area (Å²) < 4.78 is 61.5. The van der Waals surface area contributed by atoms with E-state index in [4.69, 9.17) is 4.74 Å². The van der Waals surface area contributed by atoms with E-state index >= 15 is 0 Å². The average molecular weight is 388 g/mol. The van der Waals surface area contributed by atoms with E-state index in [1.807, 2.05) is 0 Å². The lowest BCUT2D eigenvalue weighted by Crippen LogP contribution is -2.48. The molecule has 27 heavy (non-hydrogen) atoms. The predicted octanol–water partition coefficient (Wildman–Crippen LogP) is 2.10. The molecule has 1 aromatic rings. The molecule has 3 aliphatic rings. The number of hydrogen-bond acceptors (Lipinski definition) is 4. The van der Waals surface area contributed by atoms with Crippen molar-refractivity contribution in [3.8, 4) is 5.75 Å². The third-order valence-corrected chi connectivity index (χ3v) is 5.28. The lowest BCUT2D eigenvalue weighted by atomic mass is 10.1. The summed E-state index contributed by atoms with van der Waals surface area (Å²) in [7, 11) is 0. The zero-order valence-electron chi connectivity index (χ0n) is 14.0. The summed E-state index contributed by atoms with van der Waals surface area (Å²) in [4.78, 5) is 28.2. The quantitative estimate of drug-likeness (QED) is 0.742. The van der Waals surface area contributed by atoms with Gasteiger partial charge in [-0.25, -0.2) is 0 Å². The van der Waals surface area contributed by atoms with Crippen LogP contribution in [0.25, 0.3) is 0 Å². The van der Waals surface area contributed by atoms with Crippen LogP contribution in [0.5, 0.6) is 5.75 Å². The van der Waals surface area contributed by atoms with Crippen molar-refractivity contribution in [1.82, 2.24) is 9.80 Å². The number of amides is 2. The highest BCUT2D eigenvalue weighted by molar-refractivity contribution is 5.98. The summed E-state index contributed by atoms with van der Waals surface area (Å²) in [6.07, 6.45) is -8.28. The van der Waals surface area contributed by atoms with E-state index in [1.54, 1.807) is 4.90 Å². The summed E-state index contributed by atoms with van der Waals surface area (Å²) >= 11 is 0. The van der Waals surface area contributed by atoms with Crippen LogP contribution < -0.4 is 4.74 Å². The van der Waals surface area contributed by atoms with E-state index in [1.165, 1.54) is 23.1 Å². The van der Waals surface area contributed by atoms with Crippen LogP contribution in [-0.4, -0.2) is 65.6 Å². The molecule has 0 aromatic heterocycles. The van der Waals surface area contributed by atoms with Crippen LogP contribution in [-0.2, 0) is 9.53 Å². The Balaban J connectivity index is 1.62. The monoisotopic (exact) mass is 388 g/mol. The Hall–Kier alpha value is -2.36. The third kappa shape index (κ3) is 2.65. The summed E-state index contributed by atoms with van der Waals surface area (Å²) in [6.45, 7) is 1.06. The molecule has 0 saturated carbocycles. The van der Waals surface area contributed by atoms with Gasteiger partial charge in [0.2, 0.25) is 5.91 Å². The first kappa shape index (κ1) is 18.0. The second-order valence-electron chi connectivity index (χ2n) is 6.67. The molecule has 6 nitrogen and oxygen atoms in total. The first-order valence-corrected chi connectivity index (χ1v) is 8.46. The number of para-hydroxylation sites is 1. The molecular formula is C17H16F4N2O4. The molecule has 2 amide bonds. The second-order valence-corrected chi connectivity index (χ2v) is 6.67. The van der Waals surface area contributed by atoms with Gasteiger partial charge in [0, 0.05) is 19.5 Å². The number of alkyl halides is 4. The standard InChI is InChI=1S/C17H16F4N2O4/c18-15(19)17(20,21)27-11-4-2-1-3-10(11)14(25)22-6-5-16-12(22)9-13(24)23(16)7-8-26-16/h1-4,12,15H,5-9H2/t12-,16+/m1/s1. The molecular weight excluding hydrogens is 372 g/mol. The van der Waals surface area contributed by atoms with Gasteiger partial charge in [0.25, 0.3) is 5.91 Å². The third-order valence-electron chi connectivity index (χ3n) is 5.28. The van der Waals surface area contributed by atoms with E-state index in [-0.39, 0.29) is 24.4 Å². The Kier molecular flexibility index (Phi) is 4.06. The minimum absolute atomic E-state index is 0.0714. The number of ether oxygens (including phenoxy) is 2. The number of rotatable bonds is 4. The first-order valence-electron chi connectivity index (χ1n) is 8.46. The lowest BCUT2D eigenvalue weighted by molar-refractivity contribution is -0.253. The molecule has 4 rings (SSSR count). The molecule has 3 heterocycles. The molecule has 0 N–H and O–H groups in total. The SMILES string of the molecule is O=C(c1ccccc1OC(F)(F)C(F)F)N1CC[C@@]23OCCN2C(=O)C[C@@H]13. The summed E-state index contributed by atoms with van der Waals surface area (Å²) in [5.41, 5.74) is -1.14. The Morgan fingerprint density at radius 1 is 1.30 bits per heavy atom. The maximum absolute atomic E-state index is 13.3. The van der Waals surface area contributed by atoms with Gasteiger partial charge in [0.1, 0.15) is 5.75 Å². The van der Waals surface area contributed by atoms with Crippen molar-refractivity contribution < 1.29 is 36.6 Å². The molecule has 2 atom stereocenters. The normalized spacial score (nSPS) is 27.3. The number of benzene rings is 1. The number of halogens is 4. The largest absolute Gasteiger partial charge is 0.461 e. The van der Waals surface area contributed by atoms with E-state index < -0.39 is 36.0 Å². The van der Waals surface area contributed by atoms with Crippen molar-refractivity contribution in [2.75, 3.05) is 19.7 Å². The highest BCUT2D eigenvalue weighted by Gasteiger charge is 2.63. The van der Waals surface area contributed by atoms with Crippen LogP contribution in [0.15, 0.2) is 24.3 Å². The summed E-state index contributed by atoms with van der Waals surface area (Å²) in [5, 5.41) is 0. The second kappa shape index (κ2) is 6.08. The molecule has 0 unspecified atom stereocenters. The van der Waals surface area contributed by atoms with Crippen LogP contribution in [0.4, 0.5) is 17.6 Å². The molecule has 1 aromatic carbocycles. The number of hydrogen-bond donors (Lipinski definition) is 0. The van der Waals surface area contributed by atoms with Gasteiger partial charge >= 0.3 is 12.5 Å². The van der Waals surface area contributed by atoms with Crippen LogP contribution in [0.1, 0.15) is 23.2 Å². The van der Waals surface area contributed by atoms with Gasteiger partial charge in [-0.3, -0.25) is 9.59 Å². The average Bonchev–Trinajstić information content (AvgIpc) is 3.25. The van der Waals surface area contributed by atoms with Crippen molar-refractivity contribution in [2.45, 2.75) is 37.1 Å². The topological polar surface area (TPSA) is 59.1 Å². The van der Waals surface area contributed by atoms with Gasteiger partial charge in [-0.2, -0.15) is 17.6 Å². The number of carbonyl (C=O) groups excluding carboxylic acids is 2. The van der Waals surface area contributed by atoms with E-state index in [9.17, 15) is 27.2 Å². The van der Waals surface area contributed by atoms with Crippen molar-refractivity contribution in [1.29, 1.82) is 0 Å².